The van der Waals surface area contributed by atoms with Crippen molar-refractivity contribution in [1.29, 1.82) is 0 Å². The Balaban J connectivity index is 0.000000339. The zero-order chi connectivity index (χ0) is 52.1. The van der Waals surface area contributed by atoms with Gasteiger partial charge in [0.1, 0.15) is 40.1 Å². The maximum atomic E-state index is 13.4. The highest BCUT2D eigenvalue weighted by Gasteiger charge is 2.31. The lowest BCUT2D eigenvalue weighted by Gasteiger charge is -2.22. The van der Waals surface area contributed by atoms with Gasteiger partial charge in [0.15, 0.2) is 0 Å². The van der Waals surface area contributed by atoms with Crippen LogP contribution >= 0.6 is 0 Å². The van der Waals surface area contributed by atoms with E-state index in [1.54, 1.807) is 24.3 Å². The van der Waals surface area contributed by atoms with Crippen LogP contribution in [-0.2, 0) is 4.79 Å². The highest BCUT2D eigenvalue weighted by molar-refractivity contribution is 6.15. The first-order chi connectivity index (χ1) is 33.2. The van der Waals surface area contributed by atoms with Crippen molar-refractivity contribution in [2.45, 2.75) is 127 Å². The monoisotopic (exact) mass is 961 g/mol. The van der Waals surface area contributed by atoms with Crippen molar-refractivity contribution in [2.24, 2.45) is 11.8 Å². The van der Waals surface area contributed by atoms with Crippen molar-refractivity contribution in [2.75, 3.05) is 40.1 Å². The lowest BCUT2D eigenvalue weighted by Crippen LogP contribution is -2.31. The third-order valence-electron chi connectivity index (χ3n) is 12.1. The fourth-order valence-corrected chi connectivity index (χ4v) is 7.87. The molecule has 0 saturated heterocycles. The van der Waals surface area contributed by atoms with Crippen LogP contribution in [0.3, 0.4) is 0 Å². The van der Waals surface area contributed by atoms with Crippen molar-refractivity contribution in [1.82, 2.24) is 0 Å². The molecule has 5 rings (SSSR count). The summed E-state index contributed by atoms with van der Waals surface area (Å²) in [6, 6.07) is 10.1. The molecular weight excluding hydrogens is 881 g/mol. The number of benzene rings is 3. The summed E-state index contributed by atoms with van der Waals surface area (Å²) in [4.78, 5) is 29.4. The summed E-state index contributed by atoms with van der Waals surface area (Å²) in [6.07, 6.45) is 23.1. The molecule has 0 saturated carbocycles. The summed E-state index contributed by atoms with van der Waals surface area (Å²) in [7, 11) is 0. The van der Waals surface area contributed by atoms with Crippen LogP contribution in [0.15, 0.2) is 126 Å². The van der Waals surface area contributed by atoms with Crippen LogP contribution in [0.4, 0.5) is 28.4 Å². The Labute approximate surface area is 417 Å². The SMILES string of the molecule is C/C(=C\CN1C(=O)c2cccc(O)c2Nc2c(O)cc(O)cc21)CC/C=C(\C)CCCC(C)C.C/C=C\CO.C=C1Nc2c(O)cc(O)cc2N(C/C=C(\C)CCCC(C)CCC=C(C)C)C(=O)C1=C. The largest absolute Gasteiger partial charge is 0.508 e. The van der Waals surface area contributed by atoms with Crippen LogP contribution in [0.25, 0.3) is 0 Å². The van der Waals surface area contributed by atoms with Crippen LogP contribution < -0.4 is 20.4 Å². The van der Waals surface area contributed by atoms with Gasteiger partial charge in [0.05, 0.1) is 34.8 Å². The zero-order valence-electron chi connectivity index (χ0n) is 43.2. The molecule has 0 spiro atoms. The zero-order valence-corrected chi connectivity index (χ0v) is 43.2. The number of allylic oxidation sites excluding steroid dienone is 7. The predicted octanol–water partition coefficient (Wildman–Crippen LogP) is 14.0. The van der Waals surface area contributed by atoms with Crippen molar-refractivity contribution >= 4 is 40.3 Å². The van der Waals surface area contributed by atoms with Gasteiger partial charge >= 0.3 is 0 Å². The Kier molecular flexibility index (Phi) is 23.7. The number of hydrogen-bond donors (Lipinski definition) is 8. The van der Waals surface area contributed by atoms with E-state index in [4.69, 9.17) is 5.11 Å². The molecule has 0 aliphatic carbocycles. The molecule has 2 aliphatic heterocycles. The van der Waals surface area contributed by atoms with E-state index >= 15 is 0 Å². The van der Waals surface area contributed by atoms with Gasteiger partial charge in [-0.25, -0.2) is 0 Å². The van der Waals surface area contributed by atoms with Gasteiger partial charge < -0.3 is 51.1 Å². The number of phenolic OH excluding ortho intramolecular Hbond substituents is 5. The number of carbonyl (C=O) groups is 2. The second kappa shape index (κ2) is 28.7. The van der Waals surface area contributed by atoms with E-state index in [9.17, 15) is 35.1 Å². The summed E-state index contributed by atoms with van der Waals surface area (Å²) in [5.74, 6) is 0.0861. The number of amides is 2. The van der Waals surface area contributed by atoms with E-state index in [0.29, 0.717) is 40.8 Å². The Morgan fingerprint density at radius 3 is 1.73 bits per heavy atom. The molecule has 2 amide bonds. The quantitative estimate of drug-likeness (QED) is 0.0249. The van der Waals surface area contributed by atoms with Gasteiger partial charge in [0.2, 0.25) is 0 Å². The second-order valence-corrected chi connectivity index (χ2v) is 19.0. The first-order valence-corrected chi connectivity index (χ1v) is 24.5. The molecular formula is C58H80N4O8. The van der Waals surface area contributed by atoms with E-state index in [1.807, 2.05) is 26.0 Å². The number of anilines is 5. The minimum absolute atomic E-state index is 0.0894. The van der Waals surface area contributed by atoms with Gasteiger partial charge in [0.25, 0.3) is 11.8 Å². The number of para-hydroxylation sites is 1. The second-order valence-electron chi connectivity index (χ2n) is 19.0. The van der Waals surface area contributed by atoms with Gasteiger partial charge in [-0.3, -0.25) is 9.59 Å². The Hall–Kier alpha value is -6.66. The van der Waals surface area contributed by atoms with E-state index in [-0.39, 0.29) is 70.7 Å². The average Bonchev–Trinajstić information content (AvgIpc) is 3.46. The molecule has 0 radical (unpaired) electrons. The molecule has 0 fully saturated rings. The molecule has 12 heteroatoms. The predicted molar refractivity (Wildman–Crippen MR) is 290 cm³/mol. The molecule has 12 nitrogen and oxygen atoms in total. The molecule has 1 atom stereocenters. The van der Waals surface area contributed by atoms with Gasteiger partial charge in [-0.2, -0.15) is 0 Å². The molecule has 380 valence electrons. The van der Waals surface area contributed by atoms with E-state index in [1.165, 1.54) is 82.5 Å². The number of phenols is 5. The van der Waals surface area contributed by atoms with Gasteiger partial charge in [-0.1, -0.05) is 112 Å². The van der Waals surface area contributed by atoms with Crippen LogP contribution in [-0.4, -0.2) is 62.1 Å². The third kappa shape index (κ3) is 18.0. The molecule has 70 heavy (non-hydrogen) atoms. The molecule has 0 aromatic heterocycles. The Bertz CT molecular complexity index is 2440. The minimum atomic E-state index is -0.327. The molecule has 8 N–H and O–H groups in total. The van der Waals surface area contributed by atoms with E-state index in [0.717, 1.165) is 50.0 Å². The summed E-state index contributed by atoms with van der Waals surface area (Å²) in [5.41, 5.74) is 7.58. The van der Waals surface area contributed by atoms with E-state index < -0.39 is 0 Å². The van der Waals surface area contributed by atoms with Crippen LogP contribution in [0.5, 0.6) is 28.7 Å². The van der Waals surface area contributed by atoms with Gasteiger partial charge in [-0.15, -0.1) is 0 Å². The first kappa shape index (κ1) is 57.7. The van der Waals surface area contributed by atoms with Crippen molar-refractivity contribution in [3.05, 3.63) is 131 Å². The van der Waals surface area contributed by atoms with Crippen LogP contribution in [0, 0.1) is 11.8 Å². The summed E-state index contributed by atoms with van der Waals surface area (Å²) in [5, 5.41) is 65.0. The fourth-order valence-electron chi connectivity index (χ4n) is 7.87. The lowest BCUT2D eigenvalue weighted by atomic mass is 9.97. The van der Waals surface area contributed by atoms with E-state index in [2.05, 4.69) is 84.4 Å². The van der Waals surface area contributed by atoms with Gasteiger partial charge in [0, 0.05) is 43.1 Å². The molecule has 2 aliphatic rings. The number of rotatable bonds is 19. The average molecular weight is 961 g/mol. The summed E-state index contributed by atoms with van der Waals surface area (Å²) < 4.78 is 0. The molecule has 0 bridgehead atoms. The summed E-state index contributed by atoms with van der Waals surface area (Å²) in [6.45, 7) is 27.7. The normalized spacial score (nSPS) is 14.3. The highest BCUT2D eigenvalue weighted by atomic mass is 16.3. The molecule has 3 aromatic carbocycles. The Morgan fingerprint density at radius 1 is 0.643 bits per heavy atom. The lowest BCUT2D eigenvalue weighted by molar-refractivity contribution is -0.114. The number of aliphatic hydroxyl groups excluding tert-OH is 1. The molecule has 3 aromatic rings. The number of aromatic hydroxyl groups is 5. The maximum Gasteiger partial charge on any atom is 0.260 e. The van der Waals surface area contributed by atoms with Crippen molar-refractivity contribution in [3.8, 4) is 28.7 Å². The van der Waals surface area contributed by atoms with Crippen LogP contribution in [0.1, 0.15) is 137 Å². The highest BCUT2D eigenvalue weighted by Crippen LogP contribution is 2.46. The number of aliphatic hydroxyl groups is 1. The standard InChI is InChI=1S/C28H36N2O4.C26H36N2O3.C4H8O/c1-18(2)8-5-9-19(3)10-6-11-20(4)14-15-30-23-16-21(31)17-25(33)27(23)29-26-22(28(30)34)12-7-13-24(26)32;1-17(2)9-7-10-18(3)11-8-12-19(4)13-14-28-23-15-22(29)16-24(30)25(23)27-21(6)20(5)26(28)31;1-2-3-4-5/h7,10,12-14,16-18,29,31-33H,5-6,8-9,11,15H2,1-4H3;9,13,15-16,18,27,29-30H,5-8,10-12,14H2,1-4H3;2-3,5H,4H2,1H3/b19-10+,20-14+;19-13+;3-2-. The van der Waals surface area contributed by atoms with Gasteiger partial charge in [-0.05, 0) is 117 Å². The summed E-state index contributed by atoms with van der Waals surface area (Å²) >= 11 is 0. The maximum absolute atomic E-state index is 13.4. The smallest absolute Gasteiger partial charge is 0.260 e. The number of fused-ring (bicyclic) bond motifs is 3. The minimum Gasteiger partial charge on any atom is -0.508 e. The first-order valence-electron chi connectivity index (χ1n) is 24.5. The van der Waals surface area contributed by atoms with Crippen molar-refractivity contribution in [3.63, 3.8) is 0 Å². The fraction of sp³-hybridized carbons (Fsp3) is 0.414. The molecule has 1 unspecified atom stereocenters. The number of carbonyl (C=O) groups excluding carboxylic acids is 2. The molecule has 2 heterocycles. The number of hydrogen-bond acceptors (Lipinski definition) is 10. The number of nitrogens with one attached hydrogen (secondary N) is 2. The third-order valence-corrected chi connectivity index (χ3v) is 12.1. The number of nitrogens with zero attached hydrogens (tertiary/aromatic N) is 2. The topological polar surface area (TPSA) is 186 Å². The Morgan fingerprint density at radius 2 is 1.19 bits per heavy atom. The van der Waals surface area contributed by atoms with Crippen LogP contribution in [0.2, 0.25) is 0 Å². The van der Waals surface area contributed by atoms with Crippen molar-refractivity contribution < 1.29 is 40.2 Å².